The molecule has 2 aromatic rings. The second-order valence-electron chi connectivity index (χ2n) is 11.0. The Hall–Kier alpha value is -1.59. The minimum absolute atomic E-state index is 0.0584. The fourth-order valence-electron chi connectivity index (χ4n) is 5.72. The van der Waals surface area contributed by atoms with Gasteiger partial charge in [0.05, 0.1) is 13.7 Å². The highest BCUT2D eigenvalue weighted by atomic mass is 32.2. The Labute approximate surface area is 263 Å². The van der Waals surface area contributed by atoms with Crippen molar-refractivity contribution in [3.63, 3.8) is 0 Å². The molecule has 0 fully saturated rings. The Morgan fingerprint density at radius 1 is 0.860 bits per heavy atom. The third kappa shape index (κ3) is 11.1. The molecule has 2 aromatic carbocycles. The first kappa shape index (κ1) is 35.9. The van der Waals surface area contributed by atoms with Crippen molar-refractivity contribution in [2.24, 2.45) is 0 Å². The van der Waals surface area contributed by atoms with Crippen molar-refractivity contribution >= 4 is 23.5 Å². The molecule has 0 aromatic heterocycles. The van der Waals surface area contributed by atoms with Crippen LogP contribution in [0.5, 0.6) is 11.5 Å². The van der Waals surface area contributed by atoms with Crippen molar-refractivity contribution in [1.29, 1.82) is 0 Å². The second-order valence-corrected chi connectivity index (χ2v) is 13.4. The van der Waals surface area contributed by atoms with Crippen LogP contribution in [-0.4, -0.2) is 64.5 Å². The first-order valence-electron chi connectivity index (χ1n) is 15.0. The fourth-order valence-corrected chi connectivity index (χ4v) is 7.97. The zero-order chi connectivity index (χ0) is 31.1. The van der Waals surface area contributed by atoms with Crippen LogP contribution >= 0.6 is 23.5 Å². The van der Waals surface area contributed by atoms with E-state index in [1.165, 1.54) is 41.7 Å². The molecule has 5 nitrogen and oxygen atoms in total. The number of ether oxygens (including phenoxy) is 5. The van der Waals surface area contributed by atoms with E-state index in [4.69, 9.17) is 18.9 Å². The van der Waals surface area contributed by atoms with Crippen molar-refractivity contribution in [2.75, 3.05) is 52.8 Å². The highest BCUT2D eigenvalue weighted by Gasteiger charge is 2.48. The SMILES string of the molecule is COCOc1ccc(C2(C)C(OC)Sc3cc(OC)ccc3C2CCCCCCCCCSCCOCC(F)(F)F)cc1. The summed E-state index contributed by atoms with van der Waals surface area (Å²) in [7, 11) is 5.12. The molecule has 43 heavy (non-hydrogen) atoms. The lowest BCUT2D eigenvalue weighted by Crippen LogP contribution is -2.44. The summed E-state index contributed by atoms with van der Waals surface area (Å²) >= 11 is 3.43. The summed E-state index contributed by atoms with van der Waals surface area (Å²) in [6.07, 6.45) is 4.98. The Bertz CT molecular complexity index is 1070. The number of halogens is 3. The molecule has 3 rings (SSSR count). The predicted octanol–water partition coefficient (Wildman–Crippen LogP) is 9.23. The van der Waals surface area contributed by atoms with Crippen molar-refractivity contribution < 1.29 is 36.9 Å². The minimum atomic E-state index is -4.24. The van der Waals surface area contributed by atoms with E-state index in [2.05, 4.69) is 42.0 Å². The van der Waals surface area contributed by atoms with Crippen LogP contribution in [0, 0.1) is 0 Å². The van der Waals surface area contributed by atoms with E-state index in [1.54, 1.807) is 44.9 Å². The van der Waals surface area contributed by atoms with Gasteiger partial charge < -0.3 is 23.7 Å². The number of benzene rings is 2. The molecule has 0 saturated carbocycles. The van der Waals surface area contributed by atoms with Crippen molar-refractivity contribution in [1.82, 2.24) is 0 Å². The van der Waals surface area contributed by atoms with Crippen LogP contribution in [0.2, 0.25) is 0 Å². The fraction of sp³-hybridized carbons (Fsp3) is 0.636. The molecule has 0 saturated heterocycles. The van der Waals surface area contributed by atoms with Crippen molar-refractivity contribution in [3.05, 3.63) is 53.6 Å². The molecule has 0 radical (unpaired) electrons. The van der Waals surface area contributed by atoms with Gasteiger partial charge in [-0.2, -0.15) is 24.9 Å². The summed E-state index contributed by atoms with van der Waals surface area (Å²) in [4.78, 5) is 1.22. The highest BCUT2D eigenvalue weighted by molar-refractivity contribution is 8.00. The highest BCUT2D eigenvalue weighted by Crippen LogP contribution is 2.56. The maximum atomic E-state index is 12.1. The normalized spacial score (nSPS) is 20.2. The van der Waals surface area contributed by atoms with Crippen LogP contribution < -0.4 is 9.47 Å². The van der Waals surface area contributed by atoms with Gasteiger partial charge in [-0.1, -0.05) is 75.4 Å². The van der Waals surface area contributed by atoms with Gasteiger partial charge in [-0.15, -0.1) is 0 Å². The number of rotatable bonds is 20. The van der Waals surface area contributed by atoms with Crippen molar-refractivity contribution in [2.45, 2.75) is 86.1 Å². The lowest BCUT2D eigenvalue weighted by Gasteiger charge is -2.47. The first-order chi connectivity index (χ1) is 20.7. The largest absolute Gasteiger partial charge is 0.497 e. The Morgan fingerprint density at radius 3 is 2.19 bits per heavy atom. The quantitative estimate of drug-likeness (QED) is 0.105. The van der Waals surface area contributed by atoms with E-state index in [1.807, 2.05) is 12.1 Å². The van der Waals surface area contributed by atoms with Crippen molar-refractivity contribution in [3.8, 4) is 11.5 Å². The van der Waals surface area contributed by atoms with Gasteiger partial charge in [0.1, 0.15) is 23.5 Å². The number of alkyl halides is 3. The molecular formula is C33H47F3O5S2. The summed E-state index contributed by atoms with van der Waals surface area (Å²) in [5.74, 6) is 3.50. The molecule has 242 valence electrons. The molecule has 0 N–H and O–H groups in total. The topological polar surface area (TPSA) is 46.2 Å². The lowest BCUT2D eigenvalue weighted by atomic mass is 9.67. The predicted molar refractivity (Wildman–Crippen MR) is 170 cm³/mol. The second kappa shape index (κ2) is 18.4. The summed E-state index contributed by atoms with van der Waals surface area (Å²) in [6.45, 7) is 1.55. The molecule has 10 heteroatoms. The number of hydrogen-bond donors (Lipinski definition) is 0. The number of thioether (sulfide) groups is 2. The van der Waals surface area contributed by atoms with E-state index in [-0.39, 0.29) is 30.2 Å². The summed E-state index contributed by atoms with van der Waals surface area (Å²) in [5.41, 5.74) is 2.28. The molecule has 0 bridgehead atoms. The third-order valence-corrected chi connectivity index (χ3v) is 10.5. The smallest absolute Gasteiger partial charge is 0.411 e. The van der Waals surface area contributed by atoms with Gasteiger partial charge in [0.2, 0.25) is 0 Å². The number of unbranched alkanes of at least 4 members (excludes halogenated alkanes) is 6. The molecule has 3 unspecified atom stereocenters. The summed E-state index contributed by atoms with van der Waals surface area (Å²) in [6, 6.07) is 14.8. The maximum Gasteiger partial charge on any atom is 0.411 e. The van der Waals surface area contributed by atoms with Gasteiger partial charge in [-0.05, 0) is 59.9 Å². The minimum Gasteiger partial charge on any atom is -0.497 e. The van der Waals surface area contributed by atoms with Crippen LogP contribution in [-0.2, 0) is 19.6 Å². The monoisotopic (exact) mass is 644 g/mol. The van der Waals surface area contributed by atoms with Gasteiger partial charge in [-0.3, -0.25) is 0 Å². The van der Waals surface area contributed by atoms with Gasteiger partial charge in [0.25, 0.3) is 0 Å². The Kier molecular flexibility index (Phi) is 15.4. The van der Waals surface area contributed by atoms with E-state index in [0.29, 0.717) is 5.75 Å². The van der Waals surface area contributed by atoms with E-state index >= 15 is 0 Å². The number of hydrogen-bond acceptors (Lipinski definition) is 7. The molecule has 0 amide bonds. The molecule has 1 heterocycles. The van der Waals surface area contributed by atoms with Crippen LogP contribution in [0.25, 0.3) is 0 Å². The van der Waals surface area contributed by atoms with Crippen LogP contribution in [0.4, 0.5) is 13.2 Å². The van der Waals surface area contributed by atoms with E-state index in [9.17, 15) is 13.2 Å². The lowest BCUT2D eigenvalue weighted by molar-refractivity contribution is -0.172. The number of methoxy groups -OCH3 is 3. The standard InChI is InChI=1S/C33H47F3O5S2/c1-32(25-13-15-26(16-14-25)41-24-37-2)29(28-18-17-27(38-3)22-30(28)43-31(32)39-4)12-10-8-6-5-7-9-11-20-42-21-19-40-23-33(34,35)36/h13-18,22,29,31H,5-12,19-21,23-24H2,1-4H3. The summed E-state index contributed by atoms with van der Waals surface area (Å²) in [5, 5.41) is 0. The van der Waals surface area contributed by atoms with E-state index in [0.717, 1.165) is 42.9 Å². The van der Waals surface area contributed by atoms with Gasteiger partial charge in [0.15, 0.2) is 6.79 Å². The molecule has 3 atom stereocenters. The Balaban J connectivity index is 1.52. The van der Waals surface area contributed by atoms with Gasteiger partial charge in [0, 0.05) is 30.3 Å². The van der Waals surface area contributed by atoms with Crippen LogP contribution in [0.1, 0.15) is 75.3 Å². The zero-order valence-corrected chi connectivity index (χ0v) is 27.5. The van der Waals surface area contributed by atoms with Crippen LogP contribution in [0.3, 0.4) is 0 Å². The molecule has 1 aliphatic rings. The molecule has 0 spiro atoms. The van der Waals surface area contributed by atoms with Gasteiger partial charge in [-0.25, -0.2) is 0 Å². The maximum absolute atomic E-state index is 12.1. The zero-order valence-electron chi connectivity index (χ0n) is 25.9. The van der Waals surface area contributed by atoms with Crippen LogP contribution in [0.15, 0.2) is 47.4 Å². The van der Waals surface area contributed by atoms with E-state index < -0.39 is 12.8 Å². The summed E-state index contributed by atoms with van der Waals surface area (Å²) < 4.78 is 63.3. The molecule has 1 aliphatic heterocycles. The molecule has 0 aliphatic carbocycles. The third-order valence-electron chi connectivity index (χ3n) is 8.00. The first-order valence-corrected chi connectivity index (χ1v) is 17.1. The average Bonchev–Trinajstić information content (AvgIpc) is 3.00. The Morgan fingerprint density at radius 2 is 1.53 bits per heavy atom. The number of fused-ring (bicyclic) bond motifs is 1. The molecular weight excluding hydrogens is 597 g/mol. The average molecular weight is 645 g/mol. The van der Waals surface area contributed by atoms with Gasteiger partial charge >= 0.3 is 6.18 Å².